The summed E-state index contributed by atoms with van der Waals surface area (Å²) in [5.74, 6) is -1.50. The minimum Gasteiger partial charge on any atom is -0.358 e. The number of carbonyl (C=O) groups excluding carboxylic acids is 1. The predicted octanol–water partition coefficient (Wildman–Crippen LogP) is 2.78. The Morgan fingerprint density at radius 2 is 1.85 bits per heavy atom. The number of carbonyl (C=O) groups is 1. The Kier molecular flexibility index (Phi) is 6.07. The van der Waals surface area contributed by atoms with Crippen molar-refractivity contribution in [2.24, 2.45) is 5.92 Å². The molecule has 1 aromatic carbocycles. The van der Waals surface area contributed by atoms with Crippen LogP contribution in [0.15, 0.2) is 18.2 Å². The molecule has 0 spiro atoms. The van der Waals surface area contributed by atoms with Gasteiger partial charge in [0.05, 0.1) is 6.04 Å². The van der Waals surface area contributed by atoms with Crippen LogP contribution in [0.2, 0.25) is 0 Å². The lowest BCUT2D eigenvalue weighted by Crippen LogP contribution is -2.44. The predicted molar refractivity (Wildman–Crippen MR) is 75.2 cm³/mol. The summed E-state index contributed by atoms with van der Waals surface area (Å²) in [7, 11) is 1.58. The van der Waals surface area contributed by atoms with E-state index in [2.05, 4.69) is 10.6 Å². The van der Waals surface area contributed by atoms with Crippen LogP contribution in [0.4, 0.5) is 8.78 Å². The van der Waals surface area contributed by atoms with Crippen LogP contribution >= 0.6 is 0 Å². The zero-order valence-electron chi connectivity index (χ0n) is 12.3. The van der Waals surface area contributed by atoms with Gasteiger partial charge in [0.2, 0.25) is 5.91 Å². The number of amides is 1. The molecule has 1 aromatic rings. The van der Waals surface area contributed by atoms with Crippen LogP contribution in [0.5, 0.6) is 0 Å². The molecule has 0 aliphatic heterocycles. The molecule has 0 radical (unpaired) electrons. The highest BCUT2D eigenvalue weighted by Gasteiger charge is 2.21. The van der Waals surface area contributed by atoms with E-state index in [-0.39, 0.29) is 18.0 Å². The standard InChI is InChI=1S/C15H22F2N2O/c1-9(2)7-14(15(20)18-4)19-10(3)11-5-6-12(16)13(17)8-11/h5-6,8-10,14,19H,7H2,1-4H3,(H,18,20). The molecule has 0 saturated heterocycles. The van der Waals surface area contributed by atoms with Gasteiger partial charge in [-0.2, -0.15) is 0 Å². The first kappa shape index (κ1) is 16.6. The summed E-state index contributed by atoms with van der Waals surface area (Å²) in [6, 6.07) is 3.17. The van der Waals surface area contributed by atoms with E-state index in [1.54, 1.807) is 7.05 Å². The zero-order valence-corrected chi connectivity index (χ0v) is 12.3. The molecule has 3 nitrogen and oxygen atoms in total. The number of benzene rings is 1. The van der Waals surface area contributed by atoms with Crippen molar-refractivity contribution in [1.82, 2.24) is 10.6 Å². The number of hydrogen-bond donors (Lipinski definition) is 2. The average molecular weight is 284 g/mol. The van der Waals surface area contributed by atoms with Crippen LogP contribution in [-0.2, 0) is 4.79 Å². The van der Waals surface area contributed by atoms with Gasteiger partial charge in [0.15, 0.2) is 11.6 Å². The summed E-state index contributed by atoms with van der Waals surface area (Å²) in [6.07, 6.45) is 0.674. The third-order valence-corrected chi connectivity index (χ3v) is 3.16. The van der Waals surface area contributed by atoms with Gasteiger partial charge in [0.25, 0.3) is 0 Å². The fourth-order valence-corrected chi connectivity index (χ4v) is 2.08. The van der Waals surface area contributed by atoms with Crippen molar-refractivity contribution in [2.75, 3.05) is 7.05 Å². The number of nitrogens with one attached hydrogen (secondary N) is 2. The Morgan fingerprint density at radius 1 is 1.20 bits per heavy atom. The molecule has 20 heavy (non-hydrogen) atoms. The molecule has 2 unspecified atom stereocenters. The molecule has 0 aromatic heterocycles. The lowest BCUT2D eigenvalue weighted by Gasteiger charge is -2.24. The van der Waals surface area contributed by atoms with Crippen LogP contribution in [0.25, 0.3) is 0 Å². The fraction of sp³-hybridized carbons (Fsp3) is 0.533. The van der Waals surface area contributed by atoms with Crippen molar-refractivity contribution in [2.45, 2.75) is 39.3 Å². The molecule has 0 saturated carbocycles. The Morgan fingerprint density at radius 3 is 2.35 bits per heavy atom. The minimum atomic E-state index is -0.878. The van der Waals surface area contributed by atoms with Gasteiger partial charge in [-0.05, 0) is 37.0 Å². The van der Waals surface area contributed by atoms with Crippen molar-refractivity contribution < 1.29 is 13.6 Å². The summed E-state index contributed by atoms with van der Waals surface area (Å²) in [4.78, 5) is 11.8. The molecule has 112 valence electrons. The van der Waals surface area contributed by atoms with Gasteiger partial charge in [0, 0.05) is 13.1 Å². The second-order valence-corrected chi connectivity index (χ2v) is 5.36. The molecule has 2 atom stereocenters. The molecule has 2 N–H and O–H groups in total. The zero-order chi connectivity index (χ0) is 15.3. The molecular formula is C15H22F2N2O. The molecule has 1 rings (SSSR count). The Balaban J connectivity index is 2.81. The second-order valence-electron chi connectivity index (χ2n) is 5.36. The second kappa shape index (κ2) is 7.33. The summed E-state index contributed by atoms with van der Waals surface area (Å²) in [5.41, 5.74) is 0.613. The van der Waals surface area contributed by atoms with E-state index >= 15 is 0 Å². The molecule has 0 heterocycles. The van der Waals surface area contributed by atoms with E-state index in [1.165, 1.54) is 6.07 Å². The number of hydrogen-bond acceptors (Lipinski definition) is 2. The van der Waals surface area contributed by atoms with Crippen molar-refractivity contribution in [3.8, 4) is 0 Å². The van der Waals surface area contributed by atoms with Gasteiger partial charge < -0.3 is 5.32 Å². The van der Waals surface area contributed by atoms with E-state index in [9.17, 15) is 13.6 Å². The first-order valence-corrected chi connectivity index (χ1v) is 6.77. The third-order valence-electron chi connectivity index (χ3n) is 3.16. The minimum absolute atomic E-state index is 0.104. The maximum Gasteiger partial charge on any atom is 0.236 e. The Bertz CT molecular complexity index is 463. The van der Waals surface area contributed by atoms with Gasteiger partial charge in [-0.1, -0.05) is 19.9 Å². The fourth-order valence-electron chi connectivity index (χ4n) is 2.08. The summed E-state index contributed by atoms with van der Waals surface area (Å²) in [5, 5.41) is 5.77. The lowest BCUT2D eigenvalue weighted by molar-refractivity contribution is -0.123. The highest BCUT2D eigenvalue weighted by atomic mass is 19.2. The largest absolute Gasteiger partial charge is 0.358 e. The maximum absolute atomic E-state index is 13.2. The molecule has 0 fully saturated rings. The van der Waals surface area contributed by atoms with E-state index in [0.29, 0.717) is 17.9 Å². The molecular weight excluding hydrogens is 262 g/mol. The van der Waals surface area contributed by atoms with Gasteiger partial charge in [0.1, 0.15) is 0 Å². The monoisotopic (exact) mass is 284 g/mol. The summed E-state index contributed by atoms with van der Waals surface area (Å²) >= 11 is 0. The Labute approximate surface area is 118 Å². The Hall–Kier alpha value is -1.49. The average Bonchev–Trinajstić information content (AvgIpc) is 2.39. The highest BCUT2D eigenvalue weighted by molar-refractivity contribution is 5.81. The van der Waals surface area contributed by atoms with Crippen molar-refractivity contribution in [3.05, 3.63) is 35.4 Å². The molecule has 0 aliphatic rings. The first-order valence-electron chi connectivity index (χ1n) is 6.77. The lowest BCUT2D eigenvalue weighted by atomic mass is 10.0. The van der Waals surface area contributed by atoms with E-state index in [4.69, 9.17) is 0 Å². The molecule has 0 bridgehead atoms. The van der Waals surface area contributed by atoms with Gasteiger partial charge >= 0.3 is 0 Å². The third kappa shape index (κ3) is 4.56. The smallest absolute Gasteiger partial charge is 0.236 e. The number of rotatable bonds is 6. The summed E-state index contributed by atoms with van der Waals surface area (Å²) < 4.78 is 26.1. The summed E-state index contributed by atoms with van der Waals surface area (Å²) in [6.45, 7) is 5.88. The van der Waals surface area contributed by atoms with E-state index < -0.39 is 11.6 Å². The number of likely N-dealkylation sites (N-methyl/N-ethyl adjacent to an activating group) is 1. The van der Waals surface area contributed by atoms with Crippen molar-refractivity contribution in [1.29, 1.82) is 0 Å². The molecule has 1 amide bonds. The van der Waals surface area contributed by atoms with Crippen molar-refractivity contribution >= 4 is 5.91 Å². The quantitative estimate of drug-likeness (QED) is 0.843. The van der Waals surface area contributed by atoms with Crippen molar-refractivity contribution in [3.63, 3.8) is 0 Å². The SMILES string of the molecule is CNC(=O)C(CC(C)C)NC(C)c1ccc(F)c(F)c1. The van der Waals surface area contributed by atoms with Gasteiger partial charge in [-0.3, -0.25) is 10.1 Å². The molecule has 5 heteroatoms. The van der Waals surface area contributed by atoms with Crippen LogP contribution in [0.3, 0.4) is 0 Å². The molecule has 0 aliphatic carbocycles. The number of halogens is 2. The van der Waals surface area contributed by atoms with Crippen LogP contribution < -0.4 is 10.6 Å². The van der Waals surface area contributed by atoms with E-state index in [0.717, 1.165) is 12.1 Å². The van der Waals surface area contributed by atoms with Gasteiger partial charge in [-0.25, -0.2) is 8.78 Å². The highest BCUT2D eigenvalue weighted by Crippen LogP contribution is 2.18. The topological polar surface area (TPSA) is 41.1 Å². The maximum atomic E-state index is 13.2. The van der Waals surface area contributed by atoms with Crippen LogP contribution in [0, 0.1) is 17.6 Å². The van der Waals surface area contributed by atoms with E-state index in [1.807, 2.05) is 20.8 Å². The van der Waals surface area contributed by atoms with Crippen LogP contribution in [-0.4, -0.2) is 19.0 Å². The normalized spacial score (nSPS) is 14.2. The van der Waals surface area contributed by atoms with Crippen LogP contribution in [0.1, 0.15) is 38.8 Å². The van der Waals surface area contributed by atoms with Gasteiger partial charge in [-0.15, -0.1) is 0 Å². The first-order chi connectivity index (χ1) is 9.35.